The molecule has 0 fully saturated rings. The first-order chi connectivity index (χ1) is 8.89. The van der Waals surface area contributed by atoms with Crippen LogP contribution in [0.2, 0.25) is 0 Å². The predicted molar refractivity (Wildman–Crippen MR) is 82.1 cm³/mol. The molecule has 0 aliphatic rings. The van der Waals surface area contributed by atoms with Gasteiger partial charge in [0.2, 0.25) is 5.91 Å². The lowest BCUT2D eigenvalue weighted by Gasteiger charge is -2.31. The second-order valence-corrected chi connectivity index (χ2v) is 5.78. The molecule has 114 valence electrons. The normalized spacial score (nSPS) is 16.3. The summed E-state index contributed by atoms with van der Waals surface area (Å²) in [6, 6.07) is 0. The fourth-order valence-electron chi connectivity index (χ4n) is 2.03. The van der Waals surface area contributed by atoms with Gasteiger partial charge >= 0.3 is 0 Å². The maximum Gasteiger partial charge on any atom is 0.237 e. The molecule has 4 heteroatoms. The quantitative estimate of drug-likeness (QED) is 0.604. The number of nitrogens with zero attached hydrogens (tertiary/aromatic N) is 1. The van der Waals surface area contributed by atoms with E-state index in [-0.39, 0.29) is 5.91 Å². The molecule has 0 aromatic heterocycles. The fourth-order valence-corrected chi connectivity index (χ4v) is 2.03. The van der Waals surface area contributed by atoms with E-state index < -0.39 is 5.54 Å². The molecule has 3 N–H and O–H groups in total. The average molecular weight is 271 g/mol. The van der Waals surface area contributed by atoms with Crippen molar-refractivity contribution in [3.05, 3.63) is 0 Å². The van der Waals surface area contributed by atoms with Gasteiger partial charge in [0.15, 0.2) is 0 Å². The van der Waals surface area contributed by atoms with E-state index in [1.165, 1.54) is 6.42 Å². The number of nitrogens with two attached hydrogens (primary N) is 1. The van der Waals surface area contributed by atoms with Crippen LogP contribution in [-0.4, -0.2) is 42.5 Å². The van der Waals surface area contributed by atoms with E-state index in [2.05, 4.69) is 37.9 Å². The Labute approximate surface area is 119 Å². The largest absolute Gasteiger partial charge is 0.368 e. The Morgan fingerprint density at radius 1 is 1.37 bits per heavy atom. The van der Waals surface area contributed by atoms with Gasteiger partial charge in [-0.3, -0.25) is 4.79 Å². The second kappa shape index (κ2) is 9.32. The van der Waals surface area contributed by atoms with E-state index in [9.17, 15) is 4.79 Å². The first kappa shape index (κ1) is 18.4. The molecule has 0 aliphatic carbocycles. The Morgan fingerprint density at radius 3 is 2.42 bits per heavy atom. The first-order valence-corrected chi connectivity index (χ1v) is 7.66. The van der Waals surface area contributed by atoms with Crippen LogP contribution in [0.25, 0.3) is 0 Å². The maximum atomic E-state index is 11.6. The van der Waals surface area contributed by atoms with Gasteiger partial charge in [-0.1, -0.05) is 34.1 Å². The number of nitrogens with one attached hydrogen (secondary N) is 1. The van der Waals surface area contributed by atoms with E-state index in [1.54, 1.807) is 0 Å². The van der Waals surface area contributed by atoms with Crippen LogP contribution in [0.5, 0.6) is 0 Å². The van der Waals surface area contributed by atoms with E-state index in [0.29, 0.717) is 5.92 Å². The van der Waals surface area contributed by atoms with Crippen molar-refractivity contribution in [3.8, 4) is 0 Å². The van der Waals surface area contributed by atoms with E-state index in [0.717, 1.165) is 39.0 Å². The van der Waals surface area contributed by atoms with Gasteiger partial charge in [-0.15, -0.1) is 0 Å². The number of amides is 1. The molecule has 0 radical (unpaired) electrons. The smallest absolute Gasteiger partial charge is 0.237 e. The zero-order chi connectivity index (χ0) is 14.9. The van der Waals surface area contributed by atoms with Crippen LogP contribution in [0.1, 0.15) is 53.9 Å². The number of primary amides is 1. The van der Waals surface area contributed by atoms with Gasteiger partial charge in [-0.25, -0.2) is 0 Å². The van der Waals surface area contributed by atoms with Crippen molar-refractivity contribution >= 4 is 5.91 Å². The van der Waals surface area contributed by atoms with Crippen molar-refractivity contribution in [2.45, 2.75) is 59.4 Å². The minimum Gasteiger partial charge on any atom is -0.368 e. The topological polar surface area (TPSA) is 58.4 Å². The molecule has 1 amide bonds. The molecule has 0 rings (SSSR count). The van der Waals surface area contributed by atoms with Crippen LogP contribution in [-0.2, 0) is 4.79 Å². The van der Waals surface area contributed by atoms with Crippen LogP contribution >= 0.6 is 0 Å². The minimum absolute atomic E-state index is 0.249. The molecule has 0 aromatic carbocycles. The number of rotatable bonds is 11. The van der Waals surface area contributed by atoms with Gasteiger partial charge in [0.1, 0.15) is 0 Å². The van der Waals surface area contributed by atoms with Crippen molar-refractivity contribution in [1.29, 1.82) is 0 Å². The molecule has 0 heterocycles. The van der Waals surface area contributed by atoms with Gasteiger partial charge < -0.3 is 16.0 Å². The molecular weight excluding hydrogens is 238 g/mol. The van der Waals surface area contributed by atoms with Crippen molar-refractivity contribution in [1.82, 2.24) is 10.2 Å². The highest BCUT2D eigenvalue weighted by molar-refractivity contribution is 5.84. The Morgan fingerprint density at radius 2 is 2.00 bits per heavy atom. The average Bonchev–Trinajstić information content (AvgIpc) is 2.40. The Balaban J connectivity index is 4.39. The highest BCUT2D eigenvalue weighted by Gasteiger charge is 2.30. The van der Waals surface area contributed by atoms with Crippen LogP contribution in [0.3, 0.4) is 0 Å². The number of hydrogen-bond donors (Lipinski definition) is 2. The Kier molecular flexibility index (Phi) is 9.02. The lowest BCUT2D eigenvalue weighted by molar-refractivity contribution is -0.124. The molecule has 0 saturated heterocycles. The first-order valence-electron chi connectivity index (χ1n) is 7.66. The molecule has 0 spiro atoms. The van der Waals surface area contributed by atoms with E-state index in [4.69, 9.17) is 5.73 Å². The summed E-state index contributed by atoms with van der Waals surface area (Å²) in [5, 5.41) is 3.29. The SMILES string of the molecule is CCCNC(C)(CCN(CC)CC(C)CC)C(N)=O. The summed E-state index contributed by atoms with van der Waals surface area (Å²) in [7, 11) is 0. The third-order valence-corrected chi connectivity index (χ3v) is 3.95. The second-order valence-electron chi connectivity index (χ2n) is 5.78. The number of carbonyl (C=O) groups is 1. The predicted octanol–water partition coefficient (Wildman–Crippen LogP) is 1.99. The fraction of sp³-hybridized carbons (Fsp3) is 0.933. The molecule has 0 aliphatic heterocycles. The van der Waals surface area contributed by atoms with E-state index in [1.807, 2.05) is 6.92 Å². The van der Waals surface area contributed by atoms with Crippen LogP contribution < -0.4 is 11.1 Å². The van der Waals surface area contributed by atoms with Gasteiger partial charge in [0, 0.05) is 13.1 Å². The third-order valence-electron chi connectivity index (χ3n) is 3.95. The van der Waals surface area contributed by atoms with Crippen molar-refractivity contribution in [3.63, 3.8) is 0 Å². The Bertz CT molecular complexity index is 258. The molecule has 19 heavy (non-hydrogen) atoms. The standard InChI is InChI=1S/C15H33N3O/c1-6-10-17-15(5,14(16)19)9-11-18(8-3)12-13(4)7-2/h13,17H,6-12H2,1-5H3,(H2,16,19). The summed E-state index contributed by atoms with van der Waals surface area (Å²) in [5.74, 6) is 0.448. The monoisotopic (exact) mass is 271 g/mol. The van der Waals surface area contributed by atoms with Gasteiger partial charge in [0.25, 0.3) is 0 Å². The summed E-state index contributed by atoms with van der Waals surface area (Å²) in [4.78, 5) is 14.1. The highest BCUT2D eigenvalue weighted by Crippen LogP contribution is 2.12. The van der Waals surface area contributed by atoms with Crippen molar-refractivity contribution in [2.24, 2.45) is 11.7 Å². The maximum absolute atomic E-state index is 11.6. The van der Waals surface area contributed by atoms with Crippen molar-refractivity contribution < 1.29 is 4.79 Å². The summed E-state index contributed by atoms with van der Waals surface area (Å²) >= 11 is 0. The third kappa shape index (κ3) is 6.92. The molecule has 2 unspecified atom stereocenters. The number of carbonyl (C=O) groups excluding carboxylic acids is 1. The minimum atomic E-state index is -0.584. The molecule has 0 saturated carbocycles. The van der Waals surface area contributed by atoms with Crippen LogP contribution in [0, 0.1) is 5.92 Å². The summed E-state index contributed by atoms with van der Waals surface area (Å²) in [5.41, 5.74) is 4.96. The molecule has 0 bridgehead atoms. The molecule has 2 atom stereocenters. The molecule has 4 nitrogen and oxygen atoms in total. The van der Waals surface area contributed by atoms with Crippen molar-refractivity contribution in [2.75, 3.05) is 26.2 Å². The number of hydrogen-bond acceptors (Lipinski definition) is 3. The molecular formula is C15H33N3O. The van der Waals surface area contributed by atoms with Gasteiger partial charge in [-0.2, -0.15) is 0 Å². The van der Waals surface area contributed by atoms with Crippen LogP contribution in [0.4, 0.5) is 0 Å². The summed E-state index contributed by atoms with van der Waals surface area (Å²) in [6.07, 6.45) is 2.97. The van der Waals surface area contributed by atoms with Gasteiger partial charge in [-0.05, 0) is 38.8 Å². The molecule has 0 aromatic rings. The van der Waals surface area contributed by atoms with E-state index >= 15 is 0 Å². The lowest BCUT2D eigenvalue weighted by atomic mass is 9.96. The highest BCUT2D eigenvalue weighted by atomic mass is 16.1. The lowest BCUT2D eigenvalue weighted by Crippen LogP contribution is -2.55. The zero-order valence-corrected chi connectivity index (χ0v) is 13.5. The summed E-state index contributed by atoms with van der Waals surface area (Å²) < 4.78 is 0. The Hall–Kier alpha value is -0.610. The van der Waals surface area contributed by atoms with Crippen LogP contribution in [0.15, 0.2) is 0 Å². The zero-order valence-electron chi connectivity index (χ0n) is 13.5. The summed E-state index contributed by atoms with van der Waals surface area (Å²) in [6.45, 7) is 14.5. The van der Waals surface area contributed by atoms with Gasteiger partial charge in [0.05, 0.1) is 5.54 Å².